The zero-order valence-electron chi connectivity index (χ0n) is 8.35. The molecule has 6 heteroatoms. The molecule has 0 bridgehead atoms. The molecule has 1 aliphatic heterocycles. The Bertz CT molecular complexity index is 367. The smallest absolute Gasteiger partial charge is 0.252 e. The molecule has 0 radical (unpaired) electrons. The van der Waals surface area contributed by atoms with Crippen LogP contribution in [0.25, 0.3) is 0 Å². The van der Waals surface area contributed by atoms with Gasteiger partial charge in [-0.2, -0.15) is 0 Å². The number of aromatic amines is 1. The lowest BCUT2D eigenvalue weighted by Crippen LogP contribution is -2.43. The Kier molecular flexibility index (Phi) is 4.11. The number of anilines is 1. The maximum absolute atomic E-state index is 11.1. The molecule has 0 saturated carbocycles. The molecule has 1 unspecified atom stereocenters. The number of aromatic nitrogens is 2. The topological polar surface area (TPSA) is 75.0 Å². The van der Waals surface area contributed by atoms with Crippen molar-refractivity contribution >= 4 is 18.2 Å². The number of piperidine rings is 1. The van der Waals surface area contributed by atoms with Crippen LogP contribution in [0.4, 0.5) is 5.82 Å². The first kappa shape index (κ1) is 12.0. The maximum Gasteiger partial charge on any atom is 0.252 e. The van der Waals surface area contributed by atoms with Crippen molar-refractivity contribution < 1.29 is 0 Å². The van der Waals surface area contributed by atoms with Gasteiger partial charge in [-0.05, 0) is 12.8 Å². The quantitative estimate of drug-likeness (QED) is 0.719. The normalized spacial score (nSPS) is 20.9. The lowest BCUT2D eigenvalue weighted by Gasteiger charge is -2.31. The van der Waals surface area contributed by atoms with Gasteiger partial charge in [-0.15, -0.1) is 12.4 Å². The van der Waals surface area contributed by atoms with E-state index in [1.807, 2.05) is 0 Å². The van der Waals surface area contributed by atoms with Crippen molar-refractivity contribution in [2.45, 2.75) is 18.9 Å². The predicted octanol–water partition coefficient (Wildman–Crippen LogP) is 0.119. The molecule has 1 saturated heterocycles. The maximum atomic E-state index is 11.1. The SMILES string of the molecule is Cl.NC1CCCN(c2cc(=O)[nH]cn2)C1. The summed E-state index contributed by atoms with van der Waals surface area (Å²) >= 11 is 0. The molecule has 5 nitrogen and oxygen atoms in total. The Labute approximate surface area is 94.1 Å². The summed E-state index contributed by atoms with van der Waals surface area (Å²) in [6.07, 6.45) is 3.55. The minimum atomic E-state index is -0.117. The van der Waals surface area contributed by atoms with E-state index in [4.69, 9.17) is 5.73 Å². The summed E-state index contributed by atoms with van der Waals surface area (Å²) in [5.74, 6) is 0.726. The Balaban J connectivity index is 0.00000112. The Morgan fingerprint density at radius 1 is 1.60 bits per heavy atom. The van der Waals surface area contributed by atoms with Gasteiger partial charge < -0.3 is 15.6 Å². The molecule has 2 rings (SSSR count). The van der Waals surface area contributed by atoms with Crippen molar-refractivity contribution in [3.05, 3.63) is 22.7 Å². The van der Waals surface area contributed by atoms with Gasteiger partial charge in [-0.1, -0.05) is 0 Å². The molecule has 1 aliphatic rings. The van der Waals surface area contributed by atoms with Gasteiger partial charge in [-0.3, -0.25) is 4.79 Å². The fraction of sp³-hybridized carbons (Fsp3) is 0.556. The summed E-state index contributed by atoms with van der Waals surface area (Å²) < 4.78 is 0. The van der Waals surface area contributed by atoms with Gasteiger partial charge in [0, 0.05) is 25.2 Å². The molecule has 0 amide bonds. The van der Waals surface area contributed by atoms with E-state index in [0.717, 1.165) is 31.7 Å². The third kappa shape index (κ3) is 2.94. The highest BCUT2D eigenvalue weighted by molar-refractivity contribution is 5.85. The van der Waals surface area contributed by atoms with Crippen LogP contribution in [0.2, 0.25) is 0 Å². The molecule has 2 heterocycles. The lowest BCUT2D eigenvalue weighted by atomic mass is 10.1. The highest BCUT2D eigenvalue weighted by Crippen LogP contribution is 2.14. The zero-order chi connectivity index (χ0) is 9.97. The van der Waals surface area contributed by atoms with Gasteiger partial charge in [0.15, 0.2) is 0 Å². The van der Waals surface area contributed by atoms with E-state index in [1.54, 1.807) is 0 Å². The van der Waals surface area contributed by atoms with Gasteiger partial charge in [0.2, 0.25) is 0 Å². The first-order chi connectivity index (χ1) is 6.75. The molecule has 1 atom stereocenters. The van der Waals surface area contributed by atoms with Crippen molar-refractivity contribution in [1.82, 2.24) is 9.97 Å². The van der Waals surface area contributed by atoms with E-state index in [9.17, 15) is 4.79 Å². The summed E-state index contributed by atoms with van der Waals surface area (Å²) in [6, 6.07) is 1.71. The monoisotopic (exact) mass is 230 g/mol. The van der Waals surface area contributed by atoms with Crippen LogP contribution in [-0.2, 0) is 0 Å². The lowest BCUT2D eigenvalue weighted by molar-refractivity contribution is 0.503. The van der Waals surface area contributed by atoms with Gasteiger partial charge in [0.25, 0.3) is 5.56 Å². The molecule has 1 fully saturated rings. The van der Waals surface area contributed by atoms with Crippen molar-refractivity contribution in [2.24, 2.45) is 5.73 Å². The first-order valence-corrected chi connectivity index (χ1v) is 4.81. The first-order valence-electron chi connectivity index (χ1n) is 4.81. The van der Waals surface area contributed by atoms with Crippen LogP contribution in [0.3, 0.4) is 0 Å². The number of hydrogen-bond donors (Lipinski definition) is 2. The minimum Gasteiger partial charge on any atom is -0.355 e. The van der Waals surface area contributed by atoms with Crippen molar-refractivity contribution in [3.8, 4) is 0 Å². The Morgan fingerprint density at radius 3 is 3.07 bits per heavy atom. The fourth-order valence-corrected chi connectivity index (χ4v) is 1.75. The van der Waals surface area contributed by atoms with E-state index < -0.39 is 0 Å². The summed E-state index contributed by atoms with van der Waals surface area (Å²) in [4.78, 5) is 19.7. The van der Waals surface area contributed by atoms with E-state index >= 15 is 0 Å². The summed E-state index contributed by atoms with van der Waals surface area (Å²) in [5, 5.41) is 0. The van der Waals surface area contributed by atoms with E-state index in [-0.39, 0.29) is 24.0 Å². The molecule has 0 aliphatic carbocycles. The molecule has 84 valence electrons. The van der Waals surface area contributed by atoms with Crippen molar-refractivity contribution in [2.75, 3.05) is 18.0 Å². The van der Waals surface area contributed by atoms with E-state index in [2.05, 4.69) is 14.9 Å². The molecule has 1 aromatic heterocycles. The van der Waals surface area contributed by atoms with Crippen LogP contribution in [0, 0.1) is 0 Å². The standard InChI is InChI=1S/C9H14N4O.ClH/c10-7-2-1-3-13(5-7)8-4-9(14)12-6-11-8;/h4,6-7H,1-3,5,10H2,(H,11,12,14);1H. The van der Waals surface area contributed by atoms with Gasteiger partial charge in [-0.25, -0.2) is 4.98 Å². The van der Waals surface area contributed by atoms with Crippen LogP contribution in [0.5, 0.6) is 0 Å². The Hall–Kier alpha value is -1.07. The molecular formula is C9H15ClN4O. The molecule has 0 spiro atoms. The third-order valence-electron chi connectivity index (χ3n) is 2.45. The van der Waals surface area contributed by atoms with Crippen LogP contribution < -0.4 is 16.2 Å². The number of rotatable bonds is 1. The van der Waals surface area contributed by atoms with Gasteiger partial charge >= 0.3 is 0 Å². The average molecular weight is 231 g/mol. The van der Waals surface area contributed by atoms with Gasteiger partial charge in [0.1, 0.15) is 5.82 Å². The second-order valence-electron chi connectivity index (χ2n) is 3.62. The summed E-state index contributed by atoms with van der Waals surface area (Å²) in [5.41, 5.74) is 5.73. The molecule has 0 aromatic carbocycles. The molecular weight excluding hydrogens is 216 g/mol. The number of nitrogens with one attached hydrogen (secondary N) is 1. The second-order valence-corrected chi connectivity index (χ2v) is 3.62. The third-order valence-corrected chi connectivity index (χ3v) is 2.45. The largest absolute Gasteiger partial charge is 0.355 e. The highest BCUT2D eigenvalue weighted by Gasteiger charge is 2.17. The molecule has 1 aromatic rings. The molecule has 3 N–H and O–H groups in total. The number of hydrogen-bond acceptors (Lipinski definition) is 4. The number of H-pyrrole nitrogens is 1. The van der Waals surface area contributed by atoms with E-state index in [1.165, 1.54) is 12.4 Å². The number of nitrogens with two attached hydrogens (primary N) is 1. The molecule has 15 heavy (non-hydrogen) atoms. The van der Waals surface area contributed by atoms with Crippen LogP contribution in [0.15, 0.2) is 17.2 Å². The highest BCUT2D eigenvalue weighted by atomic mass is 35.5. The fourth-order valence-electron chi connectivity index (χ4n) is 1.75. The van der Waals surface area contributed by atoms with E-state index in [0.29, 0.717) is 0 Å². The van der Waals surface area contributed by atoms with Gasteiger partial charge in [0.05, 0.1) is 6.33 Å². The number of halogens is 1. The summed E-state index contributed by atoms with van der Waals surface area (Å²) in [6.45, 7) is 1.72. The number of nitrogens with zero attached hydrogens (tertiary/aromatic N) is 2. The Morgan fingerprint density at radius 2 is 2.40 bits per heavy atom. The van der Waals surface area contributed by atoms with Crippen molar-refractivity contribution in [1.29, 1.82) is 0 Å². The predicted molar refractivity (Wildman–Crippen MR) is 61.5 cm³/mol. The second kappa shape index (κ2) is 5.14. The van der Waals surface area contributed by atoms with Crippen LogP contribution in [0.1, 0.15) is 12.8 Å². The summed E-state index contributed by atoms with van der Waals surface area (Å²) in [7, 11) is 0. The van der Waals surface area contributed by atoms with Crippen molar-refractivity contribution in [3.63, 3.8) is 0 Å². The minimum absolute atomic E-state index is 0. The van der Waals surface area contributed by atoms with Crippen LogP contribution in [-0.4, -0.2) is 29.1 Å². The van der Waals surface area contributed by atoms with Crippen LogP contribution >= 0.6 is 12.4 Å². The average Bonchev–Trinajstić information content (AvgIpc) is 2.18. The zero-order valence-corrected chi connectivity index (χ0v) is 9.17.